The molecule has 2 aromatic rings. The zero-order chi connectivity index (χ0) is 20.5. The van der Waals surface area contributed by atoms with E-state index in [1.165, 1.54) is 7.11 Å². The van der Waals surface area contributed by atoms with Gasteiger partial charge in [-0.15, -0.1) is 0 Å². The van der Waals surface area contributed by atoms with Gasteiger partial charge < -0.3 is 18.8 Å². The number of ether oxygens (including phenoxy) is 2. The van der Waals surface area contributed by atoms with E-state index < -0.39 is 23.2 Å². The zero-order valence-electron chi connectivity index (χ0n) is 16.7. The Morgan fingerprint density at radius 2 is 1.64 bits per heavy atom. The topological polar surface area (TPSA) is 80.1 Å². The fourth-order valence-electron chi connectivity index (χ4n) is 2.96. The summed E-state index contributed by atoms with van der Waals surface area (Å²) in [6, 6.07) is 12.7. The highest BCUT2D eigenvalue weighted by Gasteiger charge is 2.53. The van der Waals surface area contributed by atoms with Crippen LogP contribution in [-0.4, -0.2) is 30.4 Å². The quantitative estimate of drug-likeness (QED) is 0.430. The van der Waals surface area contributed by atoms with Crippen LogP contribution in [0.5, 0.6) is 11.5 Å². The van der Waals surface area contributed by atoms with Gasteiger partial charge in [-0.2, -0.15) is 0 Å². The molecule has 8 heteroatoms. The number of hydrogen-bond acceptors (Lipinski definition) is 6. The van der Waals surface area contributed by atoms with Gasteiger partial charge in [0.1, 0.15) is 6.61 Å². The Morgan fingerprint density at radius 1 is 1.04 bits per heavy atom. The van der Waals surface area contributed by atoms with Crippen molar-refractivity contribution in [2.45, 2.75) is 45.5 Å². The zero-order valence-corrected chi connectivity index (χ0v) is 16.7. The van der Waals surface area contributed by atoms with E-state index in [0.29, 0.717) is 5.46 Å². The molecule has 0 aliphatic carbocycles. The summed E-state index contributed by atoms with van der Waals surface area (Å²) in [5.74, 6) is 0.208. The molecule has 148 valence electrons. The average Bonchev–Trinajstić information content (AvgIpc) is 2.87. The van der Waals surface area contributed by atoms with E-state index in [1.807, 2.05) is 58.0 Å². The Hall–Kier alpha value is -2.58. The summed E-state index contributed by atoms with van der Waals surface area (Å²) in [4.78, 5) is 11.3. The molecule has 0 atom stereocenters. The Bertz CT molecular complexity index is 852. The summed E-state index contributed by atoms with van der Waals surface area (Å²) >= 11 is 0. The molecule has 28 heavy (non-hydrogen) atoms. The Kier molecular flexibility index (Phi) is 5.36. The van der Waals surface area contributed by atoms with Crippen molar-refractivity contribution in [3.8, 4) is 11.5 Å². The SMILES string of the molecule is COc1c(B2OC(C)(C)C(C)(C)O2)ccc(OCc2ccccc2)c1[N+](=O)[O-]. The standard InChI is InChI=1S/C20H24BNO6/c1-19(2)20(3,4)28-21(27-19)15-11-12-16(17(22(23)24)18(15)25-5)26-13-14-9-7-6-8-10-14/h6-12H,13H2,1-5H3. The van der Waals surface area contributed by atoms with Crippen molar-refractivity contribution < 1.29 is 23.7 Å². The molecule has 1 saturated heterocycles. The first-order valence-corrected chi connectivity index (χ1v) is 9.04. The molecular formula is C20H24BNO6. The summed E-state index contributed by atoms with van der Waals surface area (Å²) in [7, 11) is 0.611. The molecule has 1 heterocycles. The molecular weight excluding hydrogens is 361 g/mol. The summed E-state index contributed by atoms with van der Waals surface area (Å²) in [5, 5.41) is 11.8. The highest BCUT2D eigenvalue weighted by Crippen LogP contribution is 2.40. The Balaban J connectivity index is 1.96. The maximum absolute atomic E-state index is 11.8. The van der Waals surface area contributed by atoms with E-state index in [9.17, 15) is 10.1 Å². The van der Waals surface area contributed by atoms with E-state index in [-0.39, 0.29) is 23.8 Å². The highest BCUT2D eigenvalue weighted by molar-refractivity contribution is 6.63. The van der Waals surface area contributed by atoms with E-state index in [4.69, 9.17) is 18.8 Å². The predicted molar refractivity (Wildman–Crippen MR) is 106 cm³/mol. The first kappa shape index (κ1) is 20.2. The van der Waals surface area contributed by atoms with Crippen LogP contribution in [0.4, 0.5) is 5.69 Å². The molecule has 0 saturated carbocycles. The van der Waals surface area contributed by atoms with Crippen molar-refractivity contribution in [2.24, 2.45) is 0 Å². The smallest absolute Gasteiger partial charge is 0.490 e. The first-order chi connectivity index (χ1) is 13.2. The second kappa shape index (κ2) is 7.45. The van der Waals surface area contributed by atoms with Crippen LogP contribution in [0, 0.1) is 10.1 Å². The molecule has 0 bridgehead atoms. The monoisotopic (exact) mass is 385 g/mol. The largest absolute Gasteiger partial charge is 0.498 e. The van der Waals surface area contributed by atoms with Crippen molar-refractivity contribution in [3.05, 3.63) is 58.1 Å². The Morgan fingerprint density at radius 3 is 2.18 bits per heavy atom. The summed E-state index contributed by atoms with van der Waals surface area (Å²) < 4.78 is 23.2. The van der Waals surface area contributed by atoms with Gasteiger partial charge in [-0.3, -0.25) is 10.1 Å². The van der Waals surface area contributed by atoms with E-state index >= 15 is 0 Å². The van der Waals surface area contributed by atoms with Gasteiger partial charge in [-0.25, -0.2) is 0 Å². The second-order valence-electron chi connectivity index (χ2n) is 7.65. The van der Waals surface area contributed by atoms with Crippen LogP contribution in [0.3, 0.4) is 0 Å². The molecule has 1 fully saturated rings. The lowest BCUT2D eigenvalue weighted by molar-refractivity contribution is -0.386. The van der Waals surface area contributed by atoms with Crippen LogP contribution < -0.4 is 14.9 Å². The third kappa shape index (κ3) is 3.70. The van der Waals surface area contributed by atoms with E-state index in [2.05, 4.69) is 0 Å². The van der Waals surface area contributed by atoms with Crippen LogP contribution in [0.1, 0.15) is 33.3 Å². The maximum Gasteiger partial charge on any atom is 0.498 e. The Labute approximate surface area is 164 Å². The van der Waals surface area contributed by atoms with Crippen LogP contribution in [0.25, 0.3) is 0 Å². The molecule has 0 radical (unpaired) electrons. The number of rotatable bonds is 6. The van der Waals surface area contributed by atoms with Gasteiger partial charge in [0.05, 0.1) is 23.2 Å². The first-order valence-electron chi connectivity index (χ1n) is 9.04. The number of hydrogen-bond donors (Lipinski definition) is 0. The minimum atomic E-state index is -0.776. The lowest BCUT2D eigenvalue weighted by Gasteiger charge is -2.32. The number of benzene rings is 2. The molecule has 0 N–H and O–H groups in total. The predicted octanol–water partition coefficient (Wildman–Crippen LogP) is 3.48. The van der Waals surface area contributed by atoms with E-state index in [1.54, 1.807) is 12.1 Å². The van der Waals surface area contributed by atoms with Gasteiger partial charge >= 0.3 is 12.8 Å². The molecule has 2 aromatic carbocycles. The lowest BCUT2D eigenvalue weighted by atomic mass is 9.78. The van der Waals surface area contributed by atoms with Crippen molar-refractivity contribution in [1.29, 1.82) is 0 Å². The van der Waals surface area contributed by atoms with Gasteiger partial charge in [0.25, 0.3) is 0 Å². The summed E-state index contributed by atoms with van der Waals surface area (Å²) in [5.41, 5.74) is -0.0174. The van der Waals surface area contributed by atoms with E-state index in [0.717, 1.165) is 5.56 Å². The van der Waals surface area contributed by atoms with Crippen LogP contribution in [0.15, 0.2) is 42.5 Å². The number of methoxy groups -OCH3 is 1. The van der Waals surface area contributed by atoms with Crippen LogP contribution in [0.2, 0.25) is 0 Å². The molecule has 7 nitrogen and oxygen atoms in total. The molecule has 0 aromatic heterocycles. The molecule has 0 spiro atoms. The minimum Gasteiger partial charge on any atom is -0.490 e. The number of nitrogens with zero attached hydrogens (tertiary/aromatic N) is 1. The number of nitro benzene ring substituents is 1. The molecule has 1 aliphatic rings. The average molecular weight is 385 g/mol. The molecule has 1 aliphatic heterocycles. The third-order valence-corrected chi connectivity index (χ3v) is 5.26. The molecule has 3 rings (SSSR count). The normalized spacial score (nSPS) is 17.4. The highest BCUT2D eigenvalue weighted by atomic mass is 16.7. The maximum atomic E-state index is 11.8. The van der Waals surface area contributed by atoms with Gasteiger partial charge in [-0.05, 0) is 39.3 Å². The van der Waals surface area contributed by atoms with Gasteiger partial charge in [0.15, 0.2) is 0 Å². The minimum absolute atomic E-state index is 0.0778. The third-order valence-electron chi connectivity index (χ3n) is 5.26. The van der Waals surface area contributed by atoms with Crippen molar-refractivity contribution in [1.82, 2.24) is 0 Å². The number of nitro groups is 1. The molecule has 0 amide bonds. The summed E-state index contributed by atoms with van der Waals surface area (Å²) in [6.07, 6.45) is 0. The van der Waals surface area contributed by atoms with Crippen molar-refractivity contribution in [3.63, 3.8) is 0 Å². The van der Waals surface area contributed by atoms with Gasteiger partial charge in [-0.1, -0.05) is 36.4 Å². The summed E-state index contributed by atoms with van der Waals surface area (Å²) in [6.45, 7) is 7.90. The van der Waals surface area contributed by atoms with Gasteiger partial charge in [0.2, 0.25) is 11.5 Å². The second-order valence-corrected chi connectivity index (χ2v) is 7.65. The fourth-order valence-corrected chi connectivity index (χ4v) is 2.96. The lowest BCUT2D eigenvalue weighted by Crippen LogP contribution is -2.41. The van der Waals surface area contributed by atoms with Crippen molar-refractivity contribution >= 4 is 18.3 Å². The van der Waals surface area contributed by atoms with Crippen LogP contribution in [-0.2, 0) is 15.9 Å². The fraction of sp³-hybridized carbons (Fsp3) is 0.400. The van der Waals surface area contributed by atoms with Crippen molar-refractivity contribution in [2.75, 3.05) is 7.11 Å². The van der Waals surface area contributed by atoms with Crippen LogP contribution >= 0.6 is 0 Å². The molecule has 0 unspecified atom stereocenters. The van der Waals surface area contributed by atoms with Gasteiger partial charge in [0, 0.05) is 5.46 Å².